The lowest BCUT2D eigenvalue weighted by atomic mass is 10.1. The quantitative estimate of drug-likeness (QED) is 0.652. The number of imide groups is 1. The van der Waals surface area contributed by atoms with Crippen LogP contribution in [-0.4, -0.2) is 73.3 Å². The first kappa shape index (κ1) is 20.8. The van der Waals surface area contributed by atoms with E-state index in [2.05, 4.69) is 0 Å². The fraction of sp³-hybridized carbons (Fsp3) is 0.550. The molecule has 9 nitrogen and oxygen atoms in total. The third-order valence-electron chi connectivity index (χ3n) is 4.76. The normalized spacial score (nSPS) is 18.8. The van der Waals surface area contributed by atoms with Gasteiger partial charge in [-0.15, -0.1) is 0 Å². The van der Waals surface area contributed by atoms with Gasteiger partial charge in [0.2, 0.25) is 5.75 Å². The standard InChI is InChI=1S/C20H26N2O7/c1-4-26-15-9-13(10-16(27-5-2)18(15)28-6-3)19(24)21-8-7-14(11-21)22-17(23)12-29-20(22)25/h9-10,14H,4-8,11-12H2,1-3H3. The maximum atomic E-state index is 13.1. The fourth-order valence-electron chi connectivity index (χ4n) is 3.55. The molecule has 2 saturated heterocycles. The van der Waals surface area contributed by atoms with Gasteiger partial charge in [0.15, 0.2) is 18.1 Å². The molecule has 1 aromatic rings. The van der Waals surface area contributed by atoms with Gasteiger partial charge in [-0.1, -0.05) is 0 Å². The zero-order chi connectivity index (χ0) is 21.0. The molecule has 1 unspecified atom stereocenters. The van der Waals surface area contributed by atoms with Crippen molar-refractivity contribution >= 4 is 17.9 Å². The number of ether oxygens (including phenoxy) is 4. The second-order valence-electron chi connectivity index (χ2n) is 6.61. The van der Waals surface area contributed by atoms with Crippen molar-refractivity contribution in [3.8, 4) is 17.2 Å². The van der Waals surface area contributed by atoms with Crippen LogP contribution < -0.4 is 14.2 Å². The van der Waals surface area contributed by atoms with Gasteiger partial charge in [-0.3, -0.25) is 9.59 Å². The Labute approximate surface area is 169 Å². The van der Waals surface area contributed by atoms with Gasteiger partial charge in [0.1, 0.15) is 0 Å². The predicted molar refractivity (Wildman–Crippen MR) is 102 cm³/mol. The third kappa shape index (κ3) is 4.23. The Balaban J connectivity index is 1.83. The summed E-state index contributed by atoms with van der Waals surface area (Å²) in [6, 6.07) is 2.91. The van der Waals surface area contributed by atoms with Crippen LogP contribution in [0, 0.1) is 0 Å². The molecule has 2 aliphatic rings. The number of hydrogen-bond acceptors (Lipinski definition) is 7. The average molecular weight is 406 g/mol. The second kappa shape index (κ2) is 9.02. The van der Waals surface area contributed by atoms with E-state index in [4.69, 9.17) is 18.9 Å². The van der Waals surface area contributed by atoms with Crippen molar-refractivity contribution < 1.29 is 33.3 Å². The molecule has 0 bridgehead atoms. The molecule has 2 fully saturated rings. The first-order valence-electron chi connectivity index (χ1n) is 9.84. The van der Waals surface area contributed by atoms with Crippen LogP contribution in [0.2, 0.25) is 0 Å². The van der Waals surface area contributed by atoms with E-state index in [1.165, 1.54) is 0 Å². The van der Waals surface area contributed by atoms with Crippen LogP contribution >= 0.6 is 0 Å². The van der Waals surface area contributed by atoms with Crippen molar-refractivity contribution in [3.05, 3.63) is 17.7 Å². The summed E-state index contributed by atoms with van der Waals surface area (Å²) in [5, 5.41) is 0. The summed E-state index contributed by atoms with van der Waals surface area (Å²) in [5.74, 6) is 0.762. The highest BCUT2D eigenvalue weighted by Crippen LogP contribution is 2.39. The van der Waals surface area contributed by atoms with Gasteiger partial charge < -0.3 is 23.8 Å². The predicted octanol–water partition coefficient (Wildman–Crippen LogP) is 2.08. The molecule has 9 heteroatoms. The minimum Gasteiger partial charge on any atom is -0.490 e. The molecule has 0 N–H and O–H groups in total. The summed E-state index contributed by atoms with van der Waals surface area (Å²) in [7, 11) is 0. The number of amides is 3. The Morgan fingerprint density at radius 1 is 1.07 bits per heavy atom. The Morgan fingerprint density at radius 3 is 2.21 bits per heavy atom. The summed E-state index contributed by atoms with van der Waals surface area (Å²) >= 11 is 0. The van der Waals surface area contributed by atoms with Gasteiger partial charge in [-0.25, -0.2) is 9.69 Å². The molecule has 0 aliphatic carbocycles. The largest absolute Gasteiger partial charge is 0.490 e. The first-order chi connectivity index (χ1) is 14.0. The van der Waals surface area contributed by atoms with Crippen molar-refractivity contribution in [1.29, 1.82) is 0 Å². The SMILES string of the molecule is CCOc1cc(C(=O)N2CCC(N3C(=O)COC3=O)C2)cc(OCC)c1OCC. The van der Waals surface area contributed by atoms with Gasteiger partial charge >= 0.3 is 6.09 Å². The van der Waals surface area contributed by atoms with Crippen LogP contribution in [0.25, 0.3) is 0 Å². The van der Waals surface area contributed by atoms with Crippen molar-refractivity contribution in [1.82, 2.24) is 9.80 Å². The maximum Gasteiger partial charge on any atom is 0.417 e. The third-order valence-corrected chi connectivity index (χ3v) is 4.76. The van der Waals surface area contributed by atoms with Crippen LogP contribution in [0.5, 0.6) is 17.2 Å². The van der Waals surface area contributed by atoms with Gasteiger partial charge in [-0.2, -0.15) is 0 Å². The first-order valence-corrected chi connectivity index (χ1v) is 9.84. The monoisotopic (exact) mass is 406 g/mol. The Morgan fingerprint density at radius 2 is 1.69 bits per heavy atom. The molecule has 2 aliphatic heterocycles. The number of carbonyl (C=O) groups is 3. The molecule has 0 aromatic heterocycles. The number of benzene rings is 1. The van der Waals surface area contributed by atoms with E-state index >= 15 is 0 Å². The minimum absolute atomic E-state index is 0.225. The van der Waals surface area contributed by atoms with E-state index in [1.807, 2.05) is 20.8 Å². The summed E-state index contributed by atoms with van der Waals surface area (Å²) in [5.41, 5.74) is 0.399. The number of cyclic esters (lactones) is 1. The molecular formula is C20H26N2O7. The molecule has 3 amide bonds. The highest BCUT2D eigenvalue weighted by Gasteiger charge is 2.41. The number of nitrogens with zero attached hydrogens (tertiary/aromatic N) is 2. The molecule has 0 saturated carbocycles. The summed E-state index contributed by atoms with van der Waals surface area (Å²) in [4.78, 5) is 39.5. The smallest absolute Gasteiger partial charge is 0.417 e. The highest BCUT2D eigenvalue weighted by molar-refractivity contribution is 5.99. The Kier molecular flexibility index (Phi) is 6.46. The summed E-state index contributed by atoms with van der Waals surface area (Å²) < 4.78 is 21.8. The molecular weight excluding hydrogens is 380 g/mol. The van der Waals surface area contributed by atoms with Crippen molar-refractivity contribution in [2.75, 3.05) is 39.5 Å². The molecule has 0 radical (unpaired) electrons. The minimum atomic E-state index is -0.646. The number of likely N-dealkylation sites (tertiary alicyclic amines) is 1. The lowest BCUT2D eigenvalue weighted by Gasteiger charge is -2.22. The number of hydrogen-bond donors (Lipinski definition) is 0. The van der Waals surface area contributed by atoms with E-state index in [0.29, 0.717) is 55.6 Å². The van der Waals surface area contributed by atoms with Crippen LogP contribution in [0.1, 0.15) is 37.6 Å². The van der Waals surface area contributed by atoms with E-state index in [9.17, 15) is 14.4 Å². The Bertz CT molecular complexity index is 752. The number of carbonyl (C=O) groups excluding carboxylic acids is 3. The molecule has 0 spiro atoms. The van der Waals surface area contributed by atoms with Crippen LogP contribution in [0.4, 0.5) is 4.79 Å². The highest BCUT2D eigenvalue weighted by atomic mass is 16.6. The second-order valence-corrected chi connectivity index (χ2v) is 6.61. The molecule has 158 valence electrons. The summed E-state index contributed by atoms with van der Waals surface area (Å²) in [6.45, 7) is 7.27. The zero-order valence-corrected chi connectivity index (χ0v) is 16.9. The maximum absolute atomic E-state index is 13.1. The molecule has 1 atom stereocenters. The lowest BCUT2D eigenvalue weighted by Crippen LogP contribution is -2.42. The van der Waals surface area contributed by atoms with Crippen molar-refractivity contribution in [2.24, 2.45) is 0 Å². The zero-order valence-electron chi connectivity index (χ0n) is 16.9. The Hall–Kier alpha value is -2.97. The van der Waals surface area contributed by atoms with E-state index in [1.54, 1.807) is 17.0 Å². The molecule has 1 aromatic carbocycles. The summed E-state index contributed by atoms with van der Waals surface area (Å²) in [6.07, 6.45) is -0.132. The van der Waals surface area contributed by atoms with E-state index < -0.39 is 6.09 Å². The molecule has 2 heterocycles. The van der Waals surface area contributed by atoms with Crippen LogP contribution in [-0.2, 0) is 9.53 Å². The number of rotatable bonds is 8. The van der Waals surface area contributed by atoms with Crippen LogP contribution in [0.15, 0.2) is 12.1 Å². The van der Waals surface area contributed by atoms with Crippen molar-refractivity contribution in [2.45, 2.75) is 33.2 Å². The molecule has 29 heavy (non-hydrogen) atoms. The van der Waals surface area contributed by atoms with E-state index in [0.717, 1.165) is 4.90 Å². The lowest BCUT2D eigenvalue weighted by molar-refractivity contribution is -0.127. The van der Waals surface area contributed by atoms with Crippen LogP contribution in [0.3, 0.4) is 0 Å². The van der Waals surface area contributed by atoms with E-state index in [-0.39, 0.29) is 31.0 Å². The molecule has 3 rings (SSSR count). The van der Waals surface area contributed by atoms with Gasteiger partial charge in [0.25, 0.3) is 11.8 Å². The fourth-order valence-corrected chi connectivity index (χ4v) is 3.55. The topological polar surface area (TPSA) is 94.6 Å². The average Bonchev–Trinajstić information content (AvgIpc) is 3.30. The van der Waals surface area contributed by atoms with Crippen molar-refractivity contribution in [3.63, 3.8) is 0 Å². The van der Waals surface area contributed by atoms with Gasteiger partial charge in [0, 0.05) is 18.7 Å². The van der Waals surface area contributed by atoms with Gasteiger partial charge in [-0.05, 0) is 39.3 Å². The van der Waals surface area contributed by atoms with Gasteiger partial charge in [0.05, 0.1) is 25.9 Å².